The Balaban J connectivity index is 1.86. The fourth-order valence-corrected chi connectivity index (χ4v) is 2.12. The lowest BCUT2D eigenvalue weighted by Gasteiger charge is -2.19. The lowest BCUT2D eigenvalue weighted by atomic mass is 10.1. The van der Waals surface area contributed by atoms with Gasteiger partial charge in [0.15, 0.2) is 5.82 Å². The zero-order valence-corrected chi connectivity index (χ0v) is 11.7. The van der Waals surface area contributed by atoms with Gasteiger partial charge in [-0.1, -0.05) is 5.16 Å². The van der Waals surface area contributed by atoms with E-state index in [4.69, 9.17) is 19.7 Å². The van der Waals surface area contributed by atoms with Crippen LogP contribution in [0.5, 0.6) is 0 Å². The minimum absolute atomic E-state index is 0.336. The fraction of sp³-hybridized carbons (Fsp3) is 0.846. The van der Waals surface area contributed by atoms with Gasteiger partial charge in [-0.05, 0) is 33.1 Å². The Bertz CT molecular complexity index is 386. The van der Waals surface area contributed by atoms with E-state index in [0.717, 1.165) is 32.3 Å². The number of nitrogens with zero attached hydrogens (tertiary/aromatic N) is 2. The Labute approximate surface area is 113 Å². The standard InChI is InChI=1S/C13H23N3O3/c1-3-17-9-13(2,14)12-15-11(19-16-12)7-6-10-5-4-8-18-10/h10H,3-9,14H2,1-2H3. The quantitative estimate of drug-likeness (QED) is 0.805. The number of ether oxygens (including phenoxy) is 2. The van der Waals surface area contributed by atoms with Gasteiger partial charge in [0.1, 0.15) is 5.54 Å². The normalized spacial score (nSPS) is 22.6. The van der Waals surface area contributed by atoms with Crippen LogP contribution in [-0.4, -0.2) is 36.1 Å². The molecule has 2 N–H and O–H groups in total. The van der Waals surface area contributed by atoms with Gasteiger partial charge in [-0.15, -0.1) is 0 Å². The van der Waals surface area contributed by atoms with Gasteiger partial charge in [-0.2, -0.15) is 4.98 Å². The summed E-state index contributed by atoms with van der Waals surface area (Å²) in [5.41, 5.74) is 5.41. The average Bonchev–Trinajstić information content (AvgIpc) is 3.05. The van der Waals surface area contributed by atoms with Crippen LogP contribution in [0, 0.1) is 0 Å². The fourth-order valence-electron chi connectivity index (χ4n) is 2.12. The van der Waals surface area contributed by atoms with E-state index in [1.54, 1.807) is 0 Å². The summed E-state index contributed by atoms with van der Waals surface area (Å²) >= 11 is 0. The molecule has 19 heavy (non-hydrogen) atoms. The number of hydrogen-bond acceptors (Lipinski definition) is 6. The summed E-state index contributed by atoms with van der Waals surface area (Å²) in [6.07, 6.45) is 4.27. The van der Waals surface area contributed by atoms with E-state index in [1.807, 2.05) is 13.8 Å². The van der Waals surface area contributed by atoms with Crippen LogP contribution in [0.2, 0.25) is 0 Å². The largest absolute Gasteiger partial charge is 0.379 e. The molecule has 0 bridgehead atoms. The number of aryl methyl sites for hydroxylation is 1. The molecule has 1 aromatic rings. The van der Waals surface area contributed by atoms with Gasteiger partial charge in [-0.3, -0.25) is 0 Å². The van der Waals surface area contributed by atoms with Crippen molar-refractivity contribution >= 4 is 0 Å². The maximum Gasteiger partial charge on any atom is 0.226 e. The van der Waals surface area contributed by atoms with Crippen molar-refractivity contribution in [2.45, 2.75) is 51.2 Å². The zero-order chi connectivity index (χ0) is 13.7. The smallest absolute Gasteiger partial charge is 0.226 e. The van der Waals surface area contributed by atoms with Crippen molar-refractivity contribution in [3.05, 3.63) is 11.7 Å². The number of hydrogen-bond donors (Lipinski definition) is 1. The first kappa shape index (κ1) is 14.4. The van der Waals surface area contributed by atoms with E-state index >= 15 is 0 Å². The molecule has 1 aliphatic rings. The lowest BCUT2D eigenvalue weighted by Crippen LogP contribution is -2.39. The molecular weight excluding hydrogens is 246 g/mol. The molecular formula is C13H23N3O3. The molecule has 6 nitrogen and oxygen atoms in total. The first-order chi connectivity index (χ1) is 9.12. The highest BCUT2D eigenvalue weighted by Gasteiger charge is 2.28. The van der Waals surface area contributed by atoms with E-state index in [1.165, 1.54) is 0 Å². The van der Waals surface area contributed by atoms with Gasteiger partial charge in [-0.25, -0.2) is 0 Å². The molecule has 0 aromatic carbocycles. The second-order valence-electron chi connectivity index (χ2n) is 5.24. The molecule has 1 aliphatic heterocycles. The van der Waals surface area contributed by atoms with E-state index < -0.39 is 5.54 Å². The molecule has 2 atom stereocenters. The van der Waals surface area contributed by atoms with Gasteiger partial charge in [0.2, 0.25) is 5.89 Å². The van der Waals surface area contributed by atoms with Gasteiger partial charge >= 0.3 is 0 Å². The topological polar surface area (TPSA) is 83.4 Å². The van der Waals surface area contributed by atoms with Crippen LogP contribution in [0.3, 0.4) is 0 Å². The van der Waals surface area contributed by atoms with E-state index in [2.05, 4.69) is 10.1 Å². The van der Waals surface area contributed by atoms with Crippen molar-refractivity contribution in [1.29, 1.82) is 0 Å². The molecule has 0 saturated carbocycles. The number of nitrogens with two attached hydrogens (primary N) is 1. The predicted octanol–water partition coefficient (Wildman–Crippen LogP) is 1.39. The van der Waals surface area contributed by atoms with Crippen molar-refractivity contribution in [3.8, 4) is 0 Å². The lowest BCUT2D eigenvalue weighted by molar-refractivity contribution is 0.0962. The molecule has 108 valence electrons. The van der Waals surface area contributed by atoms with Crippen LogP contribution in [0.25, 0.3) is 0 Å². The molecule has 1 aromatic heterocycles. The molecule has 2 unspecified atom stereocenters. The van der Waals surface area contributed by atoms with Crippen molar-refractivity contribution in [1.82, 2.24) is 10.1 Å². The SMILES string of the molecule is CCOCC(C)(N)c1noc(CCC2CCCO2)n1. The summed E-state index contributed by atoms with van der Waals surface area (Å²) in [7, 11) is 0. The van der Waals surface area contributed by atoms with Crippen LogP contribution >= 0.6 is 0 Å². The second kappa shape index (κ2) is 6.45. The molecule has 0 amide bonds. The van der Waals surface area contributed by atoms with Crippen molar-refractivity contribution in [2.75, 3.05) is 19.8 Å². The Morgan fingerprint density at radius 1 is 1.53 bits per heavy atom. The van der Waals surface area contributed by atoms with E-state index in [9.17, 15) is 0 Å². The second-order valence-corrected chi connectivity index (χ2v) is 5.24. The monoisotopic (exact) mass is 269 g/mol. The van der Waals surface area contributed by atoms with Crippen molar-refractivity contribution in [2.24, 2.45) is 5.73 Å². The minimum Gasteiger partial charge on any atom is -0.379 e. The molecule has 1 fully saturated rings. The Morgan fingerprint density at radius 2 is 2.37 bits per heavy atom. The number of aromatic nitrogens is 2. The first-order valence-electron chi connectivity index (χ1n) is 6.93. The van der Waals surface area contributed by atoms with Crippen molar-refractivity contribution in [3.63, 3.8) is 0 Å². The van der Waals surface area contributed by atoms with E-state index in [-0.39, 0.29) is 0 Å². The molecule has 2 rings (SSSR count). The third-order valence-electron chi connectivity index (χ3n) is 3.29. The summed E-state index contributed by atoms with van der Waals surface area (Å²) in [6, 6.07) is 0. The molecule has 0 aliphatic carbocycles. The molecule has 0 radical (unpaired) electrons. The predicted molar refractivity (Wildman–Crippen MR) is 69.6 cm³/mol. The average molecular weight is 269 g/mol. The van der Waals surface area contributed by atoms with Crippen LogP contribution in [0.15, 0.2) is 4.52 Å². The maximum atomic E-state index is 6.12. The van der Waals surface area contributed by atoms with Gasteiger partial charge in [0.05, 0.1) is 12.7 Å². The molecule has 1 saturated heterocycles. The van der Waals surface area contributed by atoms with Crippen molar-refractivity contribution < 1.29 is 14.0 Å². The van der Waals surface area contributed by atoms with E-state index in [0.29, 0.717) is 31.0 Å². The third-order valence-corrected chi connectivity index (χ3v) is 3.29. The zero-order valence-electron chi connectivity index (χ0n) is 11.7. The Morgan fingerprint density at radius 3 is 3.05 bits per heavy atom. The minimum atomic E-state index is -0.707. The summed E-state index contributed by atoms with van der Waals surface area (Å²) in [6.45, 7) is 5.65. The molecule has 0 spiro atoms. The van der Waals surface area contributed by atoms with Gasteiger partial charge in [0, 0.05) is 19.6 Å². The Kier molecular flexibility index (Phi) is 4.90. The molecule has 6 heteroatoms. The Hall–Kier alpha value is -0.980. The summed E-state index contributed by atoms with van der Waals surface area (Å²) < 4.78 is 16.1. The summed E-state index contributed by atoms with van der Waals surface area (Å²) in [5, 5.41) is 3.95. The van der Waals surface area contributed by atoms with Crippen LogP contribution < -0.4 is 5.73 Å². The van der Waals surface area contributed by atoms with Crippen LogP contribution in [-0.2, 0) is 21.4 Å². The van der Waals surface area contributed by atoms with Gasteiger partial charge in [0.25, 0.3) is 0 Å². The summed E-state index contributed by atoms with van der Waals surface area (Å²) in [5.74, 6) is 1.13. The highest BCUT2D eigenvalue weighted by Crippen LogP contribution is 2.19. The number of rotatable bonds is 7. The maximum absolute atomic E-state index is 6.12. The summed E-state index contributed by atoms with van der Waals surface area (Å²) in [4.78, 5) is 4.36. The van der Waals surface area contributed by atoms with Gasteiger partial charge < -0.3 is 19.7 Å². The van der Waals surface area contributed by atoms with Crippen LogP contribution in [0.4, 0.5) is 0 Å². The third kappa shape index (κ3) is 3.99. The van der Waals surface area contributed by atoms with Crippen LogP contribution in [0.1, 0.15) is 44.8 Å². The molecule has 2 heterocycles. The first-order valence-corrected chi connectivity index (χ1v) is 6.93. The highest BCUT2D eigenvalue weighted by atomic mass is 16.5. The highest BCUT2D eigenvalue weighted by molar-refractivity contribution is 5.02.